The number of hydrogen-bond donors (Lipinski definition) is 1. The van der Waals surface area contributed by atoms with Crippen LogP contribution in [0.2, 0.25) is 0 Å². The van der Waals surface area contributed by atoms with Crippen LogP contribution in [0.1, 0.15) is 6.92 Å². The second-order valence-corrected chi connectivity index (χ2v) is 5.14. The molecule has 0 bridgehead atoms. The molecule has 1 N–H and O–H groups in total. The summed E-state index contributed by atoms with van der Waals surface area (Å²) in [5.74, 6) is 0.712. The molecule has 0 amide bonds. The van der Waals surface area contributed by atoms with Crippen molar-refractivity contribution in [1.29, 1.82) is 0 Å². The van der Waals surface area contributed by atoms with Crippen molar-refractivity contribution >= 4 is 13.4 Å². The van der Waals surface area contributed by atoms with Gasteiger partial charge in [-0.25, -0.2) is 4.57 Å². The predicted molar refractivity (Wildman–Crippen MR) is 59.0 cm³/mol. The summed E-state index contributed by atoms with van der Waals surface area (Å²) < 4.78 is 20.8. The van der Waals surface area contributed by atoms with Gasteiger partial charge in [0.1, 0.15) is 18.1 Å². The van der Waals surface area contributed by atoms with E-state index in [1.54, 1.807) is 12.1 Å². The first kappa shape index (κ1) is 12.7. The van der Waals surface area contributed by atoms with Gasteiger partial charge in [0.25, 0.3) is 0 Å². The third kappa shape index (κ3) is 4.96. The molecule has 88 valence electrons. The highest BCUT2D eigenvalue weighted by Crippen LogP contribution is 2.38. The zero-order valence-corrected chi connectivity index (χ0v) is 9.94. The van der Waals surface area contributed by atoms with E-state index in [2.05, 4.69) is 0 Å². The van der Waals surface area contributed by atoms with Gasteiger partial charge in [0.05, 0.1) is 0 Å². The maximum atomic E-state index is 10.9. The summed E-state index contributed by atoms with van der Waals surface area (Å²) in [6.45, 7) is 2.54. The minimum Gasteiger partial charge on any atom is -0.486 e. The summed E-state index contributed by atoms with van der Waals surface area (Å²) in [6, 6.07) is 6.13. The molecule has 0 fully saturated rings. The topological polar surface area (TPSA) is 72.8 Å². The number of rotatable bonds is 5. The van der Waals surface area contributed by atoms with Crippen molar-refractivity contribution in [2.75, 3.05) is 13.3 Å². The molecule has 5 nitrogen and oxygen atoms in total. The molecule has 0 heterocycles. The molecule has 16 heavy (non-hydrogen) atoms. The SMILES string of the molecule is CC(=O)COc1ccc(OP(C)(=O)O)cc1. The normalized spacial score (nSPS) is 13.9. The van der Waals surface area contributed by atoms with Gasteiger partial charge in [-0.1, -0.05) is 0 Å². The first-order chi connectivity index (χ1) is 7.37. The smallest absolute Gasteiger partial charge is 0.373 e. The molecule has 0 saturated carbocycles. The fraction of sp³-hybridized carbons (Fsp3) is 0.300. The largest absolute Gasteiger partial charge is 0.486 e. The summed E-state index contributed by atoms with van der Waals surface area (Å²) in [4.78, 5) is 19.6. The van der Waals surface area contributed by atoms with Crippen LogP contribution < -0.4 is 9.26 Å². The van der Waals surface area contributed by atoms with Gasteiger partial charge < -0.3 is 14.2 Å². The van der Waals surface area contributed by atoms with Crippen LogP contribution in [0.4, 0.5) is 0 Å². The Balaban J connectivity index is 2.61. The van der Waals surface area contributed by atoms with Crippen LogP contribution in [-0.2, 0) is 9.36 Å². The van der Waals surface area contributed by atoms with Gasteiger partial charge in [-0.3, -0.25) is 4.79 Å². The van der Waals surface area contributed by atoms with Crippen LogP contribution in [0.15, 0.2) is 24.3 Å². The molecule has 1 rings (SSSR count). The Labute approximate surface area is 93.5 Å². The van der Waals surface area contributed by atoms with E-state index in [0.717, 1.165) is 6.66 Å². The Morgan fingerprint density at radius 2 is 1.81 bits per heavy atom. The van der Waals surface area contributed by atoms with Crippen LogP contribution in [0.5, 0.6) is 11.5 Å². The third-order valence-corrected chi connectivity index (χ3v) is 2.09. The molecule has 0 aromatic heterocycles. The number of Topliss-reactive ketones (excluding diaryl/α,β-unsaturated/α-hetero) is 1. The molecule has 0 saturated heterocycles. The van der Waals surface area contributed by atoms with Gasteiger partial charge in [0.2, 0.25) is 0 Å². The number of benzene rings is 1. The second kappa shape index (κ2) is 5.14. The standard InChI is InChI=1S/C10H13O5P/c1-8(11)7-14-9-3-5-10(6-4-9)15-16(2,12)13/h3-6H,7H2,1-2H3,(H,12,13). The van der Waals surface area contributed by atoms with E-state index in [4.69, 9.17) is 14.2 Å². The van der Waals surface area contributed by atoms with Crippen molar-refractivity contribution < 1.29 is 23.5 Å². The van der Waals surface area contributed by atoms with E-state index in [9.17, 15) is 9.36 Å². The van der Waals surface area contributed by atoms with E-state index in [0.29, 0.717) is 5.75 Å². The minimum absolute atomic E-state index is 0.00642. The molecular formula is C10H13O5P. The van der Waals surface area contributed by atoms with Crippen molar-refractivity contribution in [2.45, 2.75) is 6.92 Å². The summed E-state index contributed by atoms with van der Waals surface area (Å²) in [5.41, 5.74) is 0. The Morgan fingerprint density at radius 3 is 2.25 bits per heavy atom. The van der Waals surface area contributed by atoms with Gasteiger partial charge in [0, 0.05) is 6.66 Å². The van der Waals surface area contributed by atoms with Gasteiger partial charge in [-0.2, -0.15) is 0 Å². The average Bonchev–Trinajstić information content (AvgIpc) is 2.14. The van der Waals surface area contributed by atoms with Crippen LogP contribution in [0.25, 0.3) is 0 Å². The highest BCUT2D eigenvalue weighted by molar-refractivity contribution is 7.52. The van der Waals surface area contributed by atoms with Crippen LogP contribution in [0, 0.1) is 0 Å². The number of carbonyl (C=O) groups excluding carboxylic acids is 1. The fourth-order valence-electron chi connectivity index (χ4n) is 0.977. The number of ketones is 1. The highest BCUT2D eigenvalue weighted by atomic mass is 31.2. The maximum absolute atomic E-state index is 10.9. The van der Waals surface area contributed by atoms with Crippen molar-refractivity contribution in [1.82, 2.24) is 0 Å². The molecular weight excluding hydrogens is 231 g/mol. The first-order valence-electron chi connectivity index (χ1n) is 4.59. The van der Waals surface area contributed by atoms with Crippen LogP contribution in [-0.4, -0.2) is 23.9 Å². The van der Waals surface area contributed by atoms with E-state index < -0.39 is 7.60 Å². The summed E-state index contributed by atoms with van der Waals surface area (Å²) in [7, 11) is -3.53. The van der Waals surface area contributed by atoms with Crippen molar-refractivity contribution in [3.05, 3.63) is 24.3 Å². The monoisotopic (exact) mass is 244 g/mol. The lowest BCUT2D eigenvalue weighted by Crippen LogP contribution is -2.06. The summed E-state index contributed by atoms with van der Waals surface area (Å²) >= 11 is 0. The van der Waals surface area contributed by atoms with Gasteiger partial charge >= 0.3 is 7.60 Å². The lowest BCUT2D eigenvalue weighted by molar-refractivity contribution is -0.118. The average molecular weight is 244 g/mol. The van der Waals surface area contributed by atoms with E-state index in [1.807, 2.05) is 0 Å². The molecule has 0 aliphatic rings. The third-order valence-electron chi connectivity index (χ3n) is 1.54. The number of carbonyl (C=O) groups is 1. The van der Waals surface area contributed by atoms with Crippen molar-refractivity contribution in [2.24, 2.45) is 0 Å². The lowest BCUT2D eigenvalue weighted by atomic mass is 10.3. The molecule has 1 atom stereocenters. The lowest BCUT2D eigenvalue weighted by Gasteiger charge is -2.09. The van der Waals surface area contributed by atoms with E-state index in [-0.39, 0.29) is 18.1 Å². The highest BCUT2D eigenvalue weighted by Gasteiger charge is 2.11. The van der Waals surface area contributed by atoms with Crippen molar-refractivity contribution in [3.63, 3.8) is 0 Å². The predicted octanol–water partition coefficient (Wildman–Crippen LogP) is 1.85. The van der Waals surface area contributed by atoms with Crippen molar-refractivity contribution in [3.8, 4) is 11.5 Å². The fourth-order valence-corrected chi connectivity index (χ4v) is 1.49. The second-order valence-electron chi connectivity index (χ2n) is 3.36. The zero-order chi connectivity index (χ0) is 12.2. The molecule has 1 aromatic carbocycles. The molecule has 6 heteroatoms. The molecule has 0 aliphatic heterocycles. The molecule has 0 radical (unpaired) electrons. The minimum atomic E-state index is -3.53. The Hall–Kier alpha value is -1.32. The summed E-state index contributed by atoms with van der Waals surface area (Å²) in [6.07, 6.45) is 0. The molecule has 1 unspecified atom stereocenters. The molecule has 0 spiro atoms. The first-order valence-corrected chi connectivity index (χ1v) is 6.61. The Morgan fingerprint density at radius 1 is 1.31 bits per heavy atom. The Bertz CT molecular complexity index is 406. The van der Waals surface area contributed by atoms with Crippen LogP contribution >= 0.6 is 7.60 Å². The van der Waals surface area contributed by atoms with E-state index in [1.165, 1.54) is 19.1 Å². The molecule has 1 aromatic rings. The number of hydrogen-bond acceptors (Lipinski definition) is 4. The van der Waals surface area contributed by atoms with Crippen LogP contribution in [0.3, 0.4) is 0 Å². The van der Waals surface area contributed by atoms with E-state index >= 15 is 0 Å². The van der Waals surface area contributed by atoms with Gasteiger partial charge in [-0.15, -0.1) is 0 Å². The molecule has 0 aliphatic carbocycles. The van der Waals surface area contributed by atoms with Gasteiger partial charge in [0.15, 0.2) is 5.78 Å². The maximum Gasteiger partial charge on any atom is 0.373 e. The van der Waals surface area contributed by atoms with Gasteiger partial charge in [-0.05, 0) is 31.2 Å². The number of ether oxygens (including phenoxy) is 1. The quantitative estimate of drug-likeness (QED) is 0.800. The zero-order valence-electron chi connectivity index (χ0n) is 9.04. The summed E-state index contributed by atoms with van der Waals surface area (Å²) in [5, 5.41) is 0. The Kier molecular flexibility index (Phi) is 4.10.